The lowest BCUT2D eigenvalue weighted by molar-refractivity contribution is 0.308. The Morgan fingerprint density at radius 1 is 1.17 bits per heavy atom. The van der Waals surface area contributed by atoms with Gasteiger partial charge in [0, 0.05) is 6.04 Å². The van der Waals surface area contributed by atoms with Gasteiger partial charge in [-0.05, 0) is 62.5 Å². The van der Waals surface area contributed by atoms with Crippen molar-refractivity contribution in [3.8, 4) is 0 Å². The van der Waals surface area contributed by atoms with Gasteiger partial charge < -0.3 is 5.32 Å². The first-order valence-electron chi connectivity index (χ1n) is 7.58. The topological polar surface area (TPSA) is 12.0 Å². The van der Waals surface area contributed by atoms with Gasteiger partial charge in [-0.15, -0.1) is 0 Å². The second-order valence-corrected chi connectivity index (χ2v) is 6.43. The van der Waals surface area contributed by atoms with Gasteiger partial charge in [0.25, 0.3) is 0 Å². The zero-order valence-corrected chi connectivity index (χ0v) is 11.4. The lowest BCUT2D eigenvalue weighted by atomic mass is 9.88. The molecule has 2 saturated carbocycles. The van der Waals surface area contributed by atoms with Crippen molar-refractivity contribution in [3.05, 3.63) is 35.9 Å². The standard InChI is InChI=1S/C17H25N/c1-13(9-14-5-3-2-4-6-14)18-12-17-11-15-7-8-16(17)10-15/h2-6,13,15-18H,7-12H2,1H3. The van der Waals surface area contributed by atoms with E-state index < -0.39 is 0 Å². The molecule has 2 aliphatic carbocycles. The molecule has 0 amide bonds. The van der Waals surface area contributed by atoms with E-state index in [1.54, 1.807) is 0 Å². The Balaban J connectivity index is 1.43. The van der Waals surface area contributed by atoms with E-state index in [2.05, 4.69) is 42.6 Å². The van der Waals surface area contributed by atoms with E-state index in [0.29, 0.717) is 6.04 Å². The van der Waals surface area contributed by atoms with Crippen LogP contribution < -0.4 is 5.32 Å². The van der Waals surface area contributed by atoms with E-state index in [0.717, 1.165) is 24.2 Å². The molecule has 18 heavy (non-hydrogen) atoms. The summed E-state index contributed by atoms with van der Waals surface area (Å²) < 4.78 is 0. The average molecular weight is 243 g/mol. The molecule has 4 unspecified atom stereocenters. The predicted molar refractivity (Wildman–Crippen MR) is 76.5 cm³/mol. The third-order valence-corrected chi connectivity index (χ3v) is 5.00. The van der Waals surface area contributed by atoms with Gasteiger partial charge >= 0.3 is 0 Å². The van der Waals surface area contributed by atoms with Gasteiger partial charge in [0.1, 0.15) is 0 Å². The van der Waals surface area contributed by atoms with Gasteiger partial charge in [-0.2, -0.15) is 0 Å². The third-order valence-electron chi connectivity index (χ3n) is 5.00. The molecule has 0 aromatic heterocycles. The first-order valence-corrected chi connectivity index (χ1v) is 7.58. The molecule has 1 heteroatoms. The molecule has 1 aromatic rings. The van der Waals surface area contributed by atoms with E-state index in [9.17, 15) is 0 Å². The summed E-state index contributed by atoms with van der Waals surface area (Å²) >= 11 is 0. The molecule has 98 valence electrons. The largest absolute Gasteiger partial charge is 0.314 e. The van der Waals surface area contributed by atoms with Gasteiger partial charge in [0.05, 0.1) is 0 Å². The molecule has 4 atom stereocenters. The number of benzene rings is 1. The molecule has 2 fully saturated rings. The van der Waals surface area contributed by atoms with E-state index in [1.807, 2.05) is 0 Å². The molecule has 0 saturated heterocycles. The Bertz CT molecular complexity index is 372. The van der Waals surface area contributed by atoms with E-state index >= 15 is 0 Å². The van der Waals surface area contributed by atoms with Crippen molar-refractivity contribution in [1.82, 2.24) is 5.32 Å². The van der Waals surface area contributed by atoms with Crippen LogP contribution in [-0.4, -0.2) is 12.6 Å². The molecule has 0 radical (unpaired) electrons. The lowest BCUT2D eigenvalue weighted by Crippen LogP contribution is -2.34. The summed E-state index contributed by atoms with van der Waals surface area (Å²) in [5, 5.41) is 3.76. The highest BCUT2D eigenvalue weighted by molar-refractivity contribution is 5.15. The van der Waals surface area contributed by atoms with Crippen molar-refractivity contribution < 1.29 is 0 Å². The number of fused-ring (bicyclic) bond motifs is 2. The van der Waals surface area contributed by atoms with Crippen LogP contribution in [0.5, 0.6) is 0 Å². The van der Waals surface area contributed by atoms with Crippen LogP contribution in [0, 0.1) is 17.8 Å². The number of rotatable bonds is 5. The molecule has 1 nitrogen and oxygen atoms in total. The monoisotopic (exact) mass is 243 g/mol. The maximum absolute atomic E-state index is 3.76. The van der Waals surface area contributed by atoms with E-state index in [1.165, 1.54) is 37.8 Å². The van der Waals surface area contributed by atoms with Crippen LogP contribution in [0.15, 0.2) is 30.3 Å². The zero-order valence-electron chi connectivity index (χ0n) is 11.4. The summed E-state index contributed by atoms with van der Waals surface area (Å²) in [6, 6.07) is 11.4. The number of hydrogen-bond donors (Lipinski definition) is 1. The number of nitrogens with one attached hydrogen (secondary N) is 1. The summed E-state index contributed by atoms with van der Waals surface area (Å²) in [6.45, 7) is 3.56. The van der Waals surface area contributed by atoms with Crippen molar-refractivity contribution in [2.45, 2.75) is 45.1 Å². The highest BCUT2D eigenvalue weighted by atomic mass is 14.9. The van der Waals surface area contributed by atoms with Crippen LogP contribution in [0.2, 0.25) is 0 Å². The van der Waals surface area contributed by atoms with Gasteiger partial charge in [-0.1, -0.05) is 36.8 Å². The minimum absolute atomic E-state index is 0.603. The van der Waals surface area contributed by atoms with Crippen LogP contribution in [0.3, 0.4) is 0 Å². The molecule has 0 heterocycles. The minimum atomic E-state index is 0.603. The first-order chi connectivity index (χ1) is 8.81. The second-order valence-electron chi connectivity index (χ2n) is 6.43. The normalized spacial score (nSPS) is 31.7. The summed E-state index contributed by atoms with van der Waals surface area (Å²) in [5.41, 5.74) is 1.45. The molecular formula is C17H25N. The fourth-order valence-electron chi connectivity index (χ4n) is 4.02. The van der Waals surface area contributed by atoms with Crippen LogP contribution in [0.25, 0.3) is 0 Å². The molecular weight excluding hydrogens is 218 g/mol. The van der Waals surface area contributed by atoms with Crippen molar-refractivity contribution in [2.75, 3.05) is 6.54 Å². The summed E-state index contributed by atoms with van der Waals surface area (Å²) in [7, 11) is 0. The van der Waals surface area contributed by atoms with Crippen molar-refractivity contribution >= 4 is 0 Å². The van der Waals surface area contributed by atoms with Crippen LogP contribution >= 0.6 is 0 Å². The third kappa shape index (κ3) is 2.77. The maximum Gasteiger partial charge on any atom is 0.00792 e. The fourth-order valence-corrected chi connectivity index (χ4v) is 4.02. The molecule has 1 N–H and O–H groups in total. The van der Waals surface area contributed by atoms with Gasteiger partial charge in [0.2, 0.25) is 0 Å². The Labute approximate surface area is 111 Å². The van der Waals surface area contributed by atoms with Crippen LogP contribution in [0.1, 0.15) is 38.2 Å². The highest BCUT2D eigenvalue weighted by Crippen LogP contribution is 2.47. The Hall–Kier alpha value is -0.820. The number of hydrogen-bond acceptors (Lipinski definition) is 1. The minimum Gasteiger partial charge on any atom is -0.314 e. The van der Waals surface area contributed by atoms with Gasteiger partial charge in [0.15, 0.2) is 0 Å². The Morgan fingerprint density at radius 3 is 2.67 bits per heavy atom. The molecule has 2 aliphatic rings. The smallest absolute Gasteiger partial charge is 0.00792 e. The lowest BCUT2D eigenvalue weighted by Gasteiger charge is -2.24. The zero-order chi connectivity index (χ0) is 12.4. The van der Waals surface area contributed by atoms with Crippen molar-refractivity contribution in [1.29, 1.82) is 0 Å². The maximum atomic E-state index is 3.76. The molecule has 1 aromatic carbocycles. The SMILES string of the molecule is CC(Cc1ccccc1)NCC1CC2CCC1C2. The quantitative estimate of drug-likeness (QED) is 0.832. The molecule has 0 spiro atoms. The van der Waals surface area contributed by atoms with Gasteiger partial charge in [-0.25, -0.2) is 0 Å². The highest BCUT2D eigenvalue weighted by Gasteiger charge is 2.38. The van der Waals surface area contributed by atoms with Crippen molar-refractivity contribution in [2.24, 2.45) is 17.8 Å². The summed E-state index contributed by atoms with van der Waals surface area (Å²) in [4.78, 5) is 0. The Morgan fingerprint density at radius 2 is 2.00 bits per heavy atom. The molecule has 2 bridgehead atoms. The summed E-state index contributed by atoms with van der Waals surface area (Å²) in [6.07, 6.45) is 7.20. The predicted octanol–water partition coefficient (Wildman–Crippen LogP) is 3.64. The second kappa shape index (κ2) is 5.44. The Kier molecular flexibility index (Phi) is 3.69. The van der Waals surface area contributed by atoms with Gasteiger partial charge in [-0.3, -0.25) is 0 Å². The van der Waals surface area contributed by atoms with Crippen LogP contribution in [-0.2, 0) is 6.42 Å². The molecule has 0 aliphatic heterocycles. The van der Waals surface area contributed by atoms with E-state index in [-0.39, 0.29) is 0 Å². The van der Waals surface area contributed by atoms with E-state index in [4.69, 9.17) is 0 Å². The first kappa shape index (κ1) is 12.2. The van der Waals surface area contributed by atoms with Crippen LogP contribution in [0.4, 0.5) is 0 Å². The van der Waals surface area contributed by atoms with Crippen molar-refractivity contribution in [3.63, 3.8) is 0 Å². The fraction of sp³-hybridized carbons (Fsp3) is 0.647. The molecule has 3 rings (SSSR count). The average Bonchev–Trinajstić information content (AvgIpc) is 3.00. The summed E-state index contributed by atoms with van der Waals surface area (Å²) in [5.74, 6) is 3.10.